The van der Waals surface area contributed by atoms with Gasteiger partial charge in [0.25, 0.3) is 0 Å². The lowest BCUT2D eigenvalue weighted by atomic mass is 10.2. The summed E-state index contributed by atoms with van der Waals surface area (Å²) < 4.78 is 4.90. The molecule has 0 radical (unpaired) electrons. The summed E-state index contributed by atoms with van der Waals surface area (Å²) in [6, 6.07) is 11.2. The monoisotopic (exact) mass is 440 g/mol. The van der Waals surface area contributed by atoms with Crippen molar-refractivity contribution >= 4 is 64.1 Å². The Kier molecular flexibility index (Phi) is 8.63. The Bertz CT molecular complexity index is 860. The van der Waals surface area contributed by atoms with Crippen LogP contribution in [-0.4, -0.2) is 35.9 Å². The maximum Gasteiger partial charge on any atom is 0.338 e. The van der Waals surface area contributed by atoms with Gasteiger partial charge in [-0.1, -0.05) is 23.2 Å². The minimum Gasteiger partial charge on any atom is -0.462 e. The highest BCUT2D eigenvalue weighted by atomic mass is 35.5. The smallest absolute Gasteiger partial charge is 0.338 e. The van der Waals surface area contributed by atoms with Crippen LogP contribution in [0.3, 0.4) is 0 Å². The van der Waals surface area contributed by atoms with E-state index in [1.807, 2.05) is 0 Å². The van der Waals surface area contributed by atoms with Crippen molar-refractivity contribution in [2.75, 3.05) is 28.7 Å². The van der Waals surface area contributed by atoms with E-state index < -0.39 is 5.97 Å². The number of carbonyl (C=O) groups is 3. The predicted molar refractivity (Wildman–Crippen MR) is 113 cm³/mol. The van der Waals surface area contributed by atoms with Crippen LogP contribution in [0.2, 0.25) is 10.0 Å². The lowest BCUT2D eigenvalue weighted by molar-refractivity contribution is -0.114. The molecule has 0 bridgehead atoms. The van der Waals surface area contributed by atoms with Crippen LogP contribution >= 0.6 is 35.0 Å². The molecule has 148 valence electrons. The van der Waals surface area contributed by atoms with Gasteiger partial charge >= 0.3 is 5.97 Å². The number of halogens is 2. The molecule has 0 fully saturated rings. The van der Waals surface area contributed by atoms with Gasteiger partial charge in [0.15, 0.2) is 0 Å². The summed E-state index contributed by atoms with van der Waals surface area (Å²) >= 11 is 12.9. The van der Waals surface area contributed by atoms with Gasteiger partial charge < -0.3 is 15.4 Å². The number of rotatable bonds is 8. The number of anilines is 2. The number of benzene rings is 2. The van der Waals surface area contributed by atoms with Crippen LogP contribution in [0.5, 0.6) is 0 Å². The average Bonchev–Trinajstić information content (AvgIpc) is 2.65. The summed E-state index contributed by atoms with van der Waals surface area (Å²) in [7, 11) is 0. The van der Waals surface area contributed by atoms with Crippen LogP contribution in [0.1, 0.15) is 17.3 Å². The van der Waals surface area contributed by atoms with Crippen molar-refractivity contribution in [2.24, 2.45) is 0 Å². The number of hydrogen-bond donors (Lipinski definition) is 2. The van der Waals surface area contributed by atoms with Crippen molar-refractivity contribution in [3.63, 3.8) is 0 Å². The van der Waals surface area contributed by atoms with E-state index in [-0.39, 0.29) is 23.3 Å². The minimum atomic E-state index is -0.413. The first kappa shape index (κ1) is 22.1. The number of amides is 2. The molecule has 0 heterocycles. The fraction of sp³-hybridized carbons (Fsp3) is 0.211. The number of thioether (sulfide) groups is 1. The number of hydrogen-bond acceptors (Lipinski definition) is 5. The van der Waals surface area contributed by atoms with Gasteiger partial charge in [0, 0.05) is 11.4 Å². The lowest BCUT2D eigenvalue weighted by Crippen LogP contribution is -2.18. The molecule has 0 aromatic heterocycles. The molecular formula is C19H18Cl2N2O4S. The molecule has 0 unspecified atom stereocenters. The molecule has 0 aliphatic carbocycles. The minimum absolute atomic E-state index is 0.106. The van der Waals surface area contributed by atoms with Gasteiger partial charge in [0.2, 0.25) is 11.8 Å². The molecule has 28 heavy (non-hydrogen) atoms. The second-order valence-corrected chi connectivity index (χ2v) is 7.32. The van der Waals surface area contributed by atoms with Gasteiger partial charge in [-0.15, -0.1) is 11.8 Å². The van der Waals surface area contributed by atoms with Gasteiger partial charge in [-0.2, -0.15) is 0 Å². The predicted octanol–water partition coefficient (Wildman–Crippen LogP) is 4.48. The molecule has 2 aromatic carbocycles. The van der Waals surface area contributed by atoms with Crippen molar-refractivity contribution in [3.8, 4) is 0 Å². The Morgan fingerprint density at radius 3 is 2.04 bits per heavy atom. The molecule has 6 nitrogen and oxygen atoms in total. The third-order valence-electron chi connectivity index (χ3n) is 3.35. The van der Waals surface area contributed by atoms with Gasteiger partial charge in [0.1, 0.15) is 0 Å². The zero-order chi connectivity index (χ0) is 20.5. The summed E-state index contributed by atoms with van der Waals surface area (Å²) in [6.45, 7) is 2.03. The second kappa shape index (κ2) is 10.9. The van der Waals surface area contributed by atoms with Crippen LogP contribution in [-0.2, 0) is 14.3 Å². The SMILES string of the molecule is CCOC(=O)c1ccc(NC(=O)CSCC(=O)Nc2ccc(Cl)c(Cl)c2)cc1. The number of nitrogens with one attached hydrogen (secondary N) is 2. The van der Waals surface area contributed by atoms with Crippen molar-refractivity contribution in [3.05, 3.63) is 58.1 Å². The topological polar surface area (TPSA) is 84.5 Å². The van der Waals surface area contributed by atoms with Gasteiger partial charge in [-0.3, -0.25) is 9.59 Å². The van der Waals surface area contributed by atoms with Crippen LogP contribution in [0.15, 0.2) is 42.5 Å². The van der Waals surface area contributed by atoms with Crippen molar-refractivity contribution in [1.29, 1.82) is 0 Å². The van der Waals surface area contributed by atoms with Crippen LogP contribution in [0.25, 0.3) is 0 Å². The van der Waals surface area contributed by atoms with Crippen LogP contribution in [0, 0.1) is 0 Å². The fourth-order valence-electron chi connectivity index (χ4n) is 2.11. The zero-order valence-electron chi connectivity index (χ0n) is 15.0. The molecule has 0 saturated carbocycles. The van der Waals surface area contributed by atoms with E-state index in [0.29, 0.717) is 33.6 Å². The Balaban J connectivity index is 1.74. The lowest BCUT2D eigenvalue weighted by Gasteiger charge is -2.08. The maximum absolute atomic E-state index is 12.0. The maximum atomic E-state index is 12.0. The molecular weight excluding hydrogens is 423 g/mol. The van der Waals surface area contributed by atoms with Crippen molar-refractivity contribution in [2.45, 2.75) is 6.92 Å². The molecule has 0 saturated heterocycles. The van der Waals surface area contributed by atoms with E-state index in [0.717, 1.165) is 0 Å². The highest BCUT2D eigenvalue weighted by molar-refractivity contribution is 8.00. The second-order valence-electron chi connectivity index (χ2n) is 5.52. The van der Waals surface area contributed by atoms with Crippen molar-refractivity contribution < 1.29 is 19.1 Å². The van der Waals surface area contributed by atoms with E-state index in [2.05, 4.69) is 10.6 Å². The summed E-state index contributed by atoms with van der Waals surface area (Å²) in [6.07, 6.45) is 0. The Morgan fingerprint density at radius 2 is 1.46 bits per heavy atom. The Labute approximate surface area is 176 Å². The molecule has 2 aromatic rings. The molecule has 0 aliphatic rings. The van der Waals surface area contributed by atoms with E-state index in [9.17, 15) is 14.4 Å². The average molecular weight is 441 g/mol. The summed E-state index contributed by atoms with van der Waals surface area (Å²) in [4.78, 5) is 35.5. The summed E-state index contributed by atoms with van der Waals surface area (Å²) in [5.74, 6) is -0.709. The Hall–Kier alpha value is -2.22. The standard InChI is InChI=1S/C19H18Cl2N2O4S/c1-2-27-19(26)12-3-5-13(6-4-12)22-17(24)10-28-11-18(25)23-14-7-8-15(20)16(21)9-14/h3-9H,2,10-11H2,1H3,(H,22,24)(H,23,25). The molecule has 9 heteroatoms. The van der Waals surface area contributed by atoms with E-state index >= 15 is 0 Å². The first-order valence-corrected chi connectivity index (χ1v) is 10.2. The molecule has 2 rings (SSSR count). The van der Waals surface area contributed by atoms with E-state index in [1.54, 1.807) is 49.4 Å². The molecule has 0 atom stereocenters. The molecule has 0 spiro atoms. The molecule has 2 amide bonds. The first-order chi connectivity index (χ1) is 13.4. The molecule has 2 N–H and O–H groups in total. The normalized spacial score (nSPS) is 10.2. The fourth-order valence-corrected chi connectivity index (χ4v) is 3.02. The number of ether oxygens (including phenoxy) is 1. The summed E-state index contributed by atoms with van der Waals surface area (Å²) in [5, 5.41) is 6.14. The molecule has 0 aliphatic heterocycles. The van der Waals surface area contributed by atoms with Crippen molar-refractivity contribution in [1.82, 2.24) is 0 Å². The van der Waals surface area contributed by atoms with Gasteiger partial charge in [-0.05, 0) is 49.4 Å². The largest absolute Gasteiger partial charge is 0.462 e. The third kappa shape index (κ3) is 7.07. The quantitative estimate of drug-likeness (QED) is 0.591. The number of esters is 1. The van der Waals surface area contributed by atoms with Gasteiger partial charge in [0.05, 0.1) is 33.7 Å². The summed E-state index contributed by atoms with van der Waals surface area (Å²) in [5.41, 5.74) is 1.50. The van der Waals surface area contributed by atoms with Crippen LogP contribution in [0.4, 0.5) is 11.4 Å². The highest BCUT2D eigenvalue weighted by Crippen LogP contribution is 2.25. The number of carbonyl (C=O) groups excluding carboxylic acids is 3. The third-order valence-corrected chi connectivity index (χ3v) is 5.02. The van der Waals surface area contributed by atoms with E-state index in [4.69, 9.17) is 27.9 Å². The Morgan fingerprint density at radius 1 is 0.893 bits per heavy atom. The first-order valence-electron chi connectivity index (χ1n) is 8.28. The highest BCUT2D eigenvalue weighted by Gasteiger charge is 2.09. The van der Waals surface area contributed by atoms with Gasteiger partial charge in [-0.25, -0.2) is 4.79 Å². The van der Waals surface area contributed by atoms with Crippen LogP contribution < -0.4 is 10.6 Å². The van der Waals surface area contributed by atoms with E-state index in [1.165, 1.54) is 11.8 Å². The zero-order valence-corrected chi connectivity index (χ0v) is 17.3.